The highest BCUT2D eigenvalue weighted by molar-refractivity contribution is 5.45. The average Bonchev–Trinajstić information content (AvgIpc) is 2.83. The van der Waals surface area contributed by atoms with Crippen molar-refractivity contribution in [2.24, 2.45) is 11.8 Å². The maximum absolute atomic E-state index is 5.47. The quantitative estimate of drug-likeness (QED) is 0.801. The van der Waals surface area contributed by atoms with Crippen LogP contribution in [0.3, 0.4) is 0 Å². The van der Waals surface area contributed by atoms with Gasteiger partial charge in [-0.3, -0.25) is 0 Å². The van der Waals surface area contributed by atoms with Gasteiger partial charge in [0.1, 0.15) is 0 Å². The number of nitrogens with one attached hydrogen (secondary N) is 1. The van der Waals surface area contributed by atoms with Gasteiger partial charge in [0.2, 0.25) is 6.79 Å². The molecule has 0 saturated carbocycles. The van der Waals surface area contributed by atoms with E-state index in [0.29, 0.717) is 30.7 Å². The molecule has 0 amide bonds. The van der Waals surface area contributed by atoms with E-state index in [1.54, 1.807) is 0 Å². The second-order valence-electron chi connectivity index (χ2n) is 6.96. The van der Waals surface area contributed by atoms with Gasteiger partial charge in [-0.25, -0.2) is 0 Å². The van der Waals surface area contributed by atoms with Crippen molar-refractivity contribution in [1.82, 2.24) is 5.32 Å². The zero-order valence-corrected chi connectivity index (χ0v) is 14.0. The third kappa shape index (κ3) is 4.63. The van der Waals surface area contributed by atoms with Crippen LogP contribution in [0, 0.1) is 11.8 Å². The first-order valence-electron chi connectivity index (χ1n) is 8.11. The van der Waals surface area contributed by atoms with E-state index in [1.807, 2.05) is 6.07 Å². The molecule has 0 bridgehead atoms. The number of fused-ring (bicyclic) bond motifs is 1. The minimum Gasteiger partial charge on any atom is -0.454 e. The van der Waals surface area contributed by atoms with Crippen molar-refractivity contribution in [3.8, 4) is 11.5 Å². The van der Waals surface area contributed by atoms with Gasteiger partial charge in [0.25, 0.3) is 0 Å². The highest BCUT2D eigenvalue weighted by Gasteiger charge is 2.19. The van der Waals surface area contributed by atoms with Crippen LogP contribution in [0.1, 0.15) is 59.1 Å². The highest BCUT2D eigenvalue weighted by atomic mass is 16.7. The van der Waals surface area contributed by atoms with Gasteiger partial charge in [-0.1, -0.05) is 33.8 Å². The fourth-order valence-electron chi connectivity index (χ4n) is 3.00. The predicted octanol–water partition coefficient (Wildman–Crippen LogP) is 4.53. The third-order valence-corrected chi connectivity index (χ3v) is 3.89. The Morgan fingerprint density at radius 3 is 2.19 bits per heavy atom. The molecule has 1 N–H and O–H groups in total. The van der Waals surface area contributed by atoms with Crippen molar-refractivity contribution in [1.29, 1.82) is 0 Å². The van der Waals surface area contributed by atoms with Crippen LogP contribution in [0.4, 0.5) is 0 Å². The van der Waals surface area contributed by atoms with Gasteiger partial charge in [0.05, 0.1) is 0 Å². The molecule has 1 aliphatic heterocycles. The largest absolute Gasteiger partial charge is 0.454 e. The lowest BCUT2D eigenvalue weighted by molar-refractivity contribution is 0.174. The molecule has 0 spiro atoms. The molecule has 1 aromatic carbocycles. The van der Waals surface area contributed by atoms with E-state index < -0.39 is 0 Å². The molecule has 0 fully saturated rings. The van der Waals surface area contributed by atoms with Gasteiger partial charge < -0.3 is 14.8 Å². The van der Waals surface area contributed by atoms with E-state index >= 15 is 0 Å². The van der Waals surface area contributed by atoms with Crippen LogP contribution in [0.25, 0.3) is 0 Å². The standard InChI is InChI=1S/C18H29NO2/c1-12(2)8-16(9-13(3)4)19-14(5)15-6-7-17-18(10-15)21-11-20-17/h6-7,10,12-14,16,19H,8-9,11H2,1-5H3. The minimum absolute atomic E-state index is 0.321. The molecule has 1 aliphatic rings. The summed E-state index contributed by atoms with van der Waals surface area (Å²) in [5.41, 5.74) is 1.26. The van der Waals surface area contributed by atoms with Crippen LogP contribution in [0.2, 0.25) is 0 Å². The molecule has 2 rings (SSSR count). The van der Waals surface area contributed by atoms with E-state index in [1.165, 1.54) is 18.4 Å². The van der Waals surface area contributed by atoms with Crippen LogP contribution < -0.4 is 14.8 Å². The Labute approximate surface area is 129 Å². The third-order valence-electron chi connectivity index (χ3n) is 3.89. The van der Waals surface area contributed by atoms with Crippen molar-refractivity contribution in [3.05, 3.63) is 23.8 Å². The molecule has 0 aliphatic carbocycles. The van der Waals surface area contributed by atoms with Crippen molar-refractivity contribution in [3.63, 3.8) is 0 Å². The molecule has 3 heteroatoms. The van der Waals surface area contributed by atoms with Gasteiger partial charge >= 0.3 is 0 Å². The van der Waals surface area contributed by atoms with E-state index in [-0.39, 0.29) is 0 Å². The first kappa shape index (κ1) is 16.2. The second-order valence-corrected chi connectivity index (χ2v) is 6.96. The maximum Gasteiger partial charge on any atom is 0.231 e. The van der Waals surface area contributed by atoms with E-state index in [4.69, 9.17) is 9.47 Å². The lowest BCUT2D eigenvalue weighted by Crippen LogP contribution is -2.34. The number of benzene rings is 1. The fourth-order valence-corrected chi connectivity index (χ4v) is 3.00. The number of rotatable bonds is 7. The molecule has 1 heterocycles. The zero-order chi connectivity index (χ0) is 15.4. The Bertz CT molecular complexity index is 447. The van der Waals surface area contributed by atoms with Crippen molar-refractivity contribution >= 4 is 0 Å². The average molecular weight is 291 g/mol. The molecular weight excluding hydrogens is 262 g/mol. The van der Waals surface area contributed by atoms with Crippen molar-refractivity contribution < 1.29 is 9.47 Å². The van der Waals surface area contributed by atoms with Crippen molar-refractivity contribution in [2.45, 2.75) is 59.5 Å². The summed E-state index contributed by atoms with van der Waals surface area (Å²) in [4.78, 5) is 0. The normalized spacial score (nSPS) is 15.2. The summed E-state index contributed by atoms with van der Waals surface area (Å²) in [7, 11) is 0. The van der Waals surface area contributed by atoms with E-state index in [2.05, 4.69) is 52.1 Å². The Morgan fingerprint density at radius 1 is 0.952 bits per heavy atom. The predicted molar refractivity (Wildman–Crippen MR) is 86.8 cm³/mol. The summed E-state index contributed by atoms with van der Waals surface area (Å²) >= 11 is 0. The van der Waals surface area contributed by atoms with Gasteiger partial charge in [-0.2, -0.15) is 0 Å². The van der Waals surface area contributed by atoms with Crippen LogP contribution >= 0.6 is 0 Å². The smallest absolute Gasteiger partial charge is 0.231 e. The second kappa shape index (κ2) is 7.17. The van der Waals surface area contributed by atoms with Crippen LogP contribution in [-0.2, 0) is 0 Å². The fraction of sp³-hybridized carbons (Fsp3) is 0.667. The molecule has 118 valence electrons. The molecule has 1 aromatic rings. The number of ether oxygens (including phenoxy) is 2. The van der Waals surface area contributed by atoms with Gasteiger partial charge in [-0.05, 0) is 49.3 Å². The topological polar surface area (TPSA) is 30.5 Å². The molecule has 0 aromatic heterocycles. The van der Waals surface area contributed by atoms with E-state index in [9.17, 15) is 0 Å². The summed E-state index contributed by atoms with van der Waals surface area (Å²) in [5, 5.41) is 3.79. The number of hydrogen-bond donors (Lipinski definition) is 1. The Balaban J connectivity index is 2.02. The van der Waals surface area contributed by atoms with Crippen molar-refractivity contribution in [2.75, 3.05) is 6.79 Å². The lowest BCUT2D eigenvalue weighted by atomic mass is 9.94. The van der Waals surface area contributed by atoms with E-state index in [0.717, 1.165) is 11.5 Å². The Hall–Kier alpha value is -1.22. The monoisotopic (exact) mass is 291 g/mol. The summed E-state index contributed by atoms with van der Waals surface area (Å²) < 4.78 is 10.9. The van der Waals surface area contributed by atoms with Gasteiger partial charge in [-0.15, -0.1) is 0 Å². The molecule has 1 atom stereocenters. The van der Waals surface area contributed by atoms with Gasteiger partial charge in [0, 0.05) is 12.1 Å². The molecule has 1 unspecified atom stereocenters. The minimum atomic E-state index is 0.321. The summed E-state index contributed by atoms with van der Waals surface area (Å²) in [6, 6.07) is 7.12. The van der Waals surface area contributed by atoms with Crippen LogP contribution in [0.15, 0.2) is 18.2 Å². The maximum atomic E-state index is 5.47. The van der Waals surface area contributed by atoms with Gasteiger partial charge in [0.15, 0.2) is 11.5 Å². The molecule has 0 radical (unpaired) electrons. The molecular formula is C18H29NO2. The highest BCUT2D eigenvalue weighted by Crippen LogP contribution is 2.34. The summed E-state index contributed by atoms with van der Waals surface area (Å²) in [5.74, 6) is 3.15. The summed E-state index contributed by atoms with van der Waals surface area (Å²) in [6.45, 7) is 11.7. The summed E-state index contributed by atoms with van der Waals surface area (Å²) in [6.07, 6.45) is 2.43. The SMILES string of the molecule is CC(C)CC(CC(C)C)NC(C)c1ccc2c(c1)OCO2. The number of hydrogen-bond acceptors (Lipinski definition) is 3. The lowest BCUT2D eigenvalue weighted by Gasteiger charge is -2.26. The molecule has 21 heavy (non-hydrogen) atoms. The van der Waals surface area contributed by atoms with Crippen LogP contribution in [-0.4, -0.2) is 12.8 Å². The molecule has 0 saturated heterocycles. The Morgan fingerprint density at radius 2 is 1.57 bits per heavy atom. The first-order chi connectivity index (χ1) is 9.95. The molecule has 3 nitrogen and oxygen atoms in total. The van der Waals surface area contributed by atoms with Crippen LogP contribution in [0.5, 0.6) is 11.5 Å². The first-order valence-corrected chi connectivity index (χ1v) is 8.11. The Kier molecular flexibility index (Phi) is 5.51. The zero-order valence-electron chi connectivity index (χ0n) is 14.0.